The van der Waals surface area contributed by atoms with Gasteiger partial charge in [0.25, 0.3) is 5.91 Å². The molecule has 160 valence electrons. The number of fused-ring (bicyclic) bond motifs is 2. The number of para-hydroxylation sites is 1. The quantitative estimate of drug-likeness (QED) is 0.382. The standard InChI is InChI=1S/C22H18N6O2S2/c1-2-18-25-26-22-28(18)27-20(32-22)14-9-7-13(8-10-14)12-23-21(31)24-19(29)17-11-15-5-3-4-6-16(15)30-17/h3-11H,2,12H2,1H3,(H2,23,24,29,31). The summed E-state index contributed by atoms with van der Waals surface area (Å²) < 4.78 is 7.35. The van der Waals surface area contributed by atoms with Gasteiger partial charge in [-0.2, -0.15) is 9.61 Å². The van der Waals surface area contributed by atoms with Crippen LogP contribution < -0.4 is 10.6 Å². The Kier molecular flexibility index (Phi) is 5.38. The predicted molar refractivity (Wildman–Crippen MR) is 127 cm³/mol. The van der Waals surface area contributed by atoms with Gasteiger partial charge in [-0.05, 0) is 29.9 Å². The number of aryl methyl sites for hydroxylation is 1. The lowest BCUT2D eigenvalue weighted by Gasteiger charge is -2.09. The minimum atomic E-state index is -0.385. The molecule has 0 bridgehead atoms. The first-order valence-corrected chi connectivity index (χ1v) is 11.2. The van der Waals surface area contributed by atoms with E-state index in [-0.39, 0.29) is 16.8 Å². The van der Waals surface area contributed by atoms with Crippen LogP contribution in [-0.4, -0.2) is 30.8 Å². The molecule has 3 heterocycles. The van der Waals surface area contributed by atoms with Crippen molar-refractivity contribution in [1.29, 1.82) is 0 Å². The van der Waals surface area contributed by atoms with E-state index < -0.39 is 0 Å². The van der Waals surface area contributed by atoms with E-state index in [0.29, 0.717) is 12.1 Å². The summed E-state index contributed by atoms with van der Waals surface area (Å²) in [5.41, 5.74) is 2.69. The Morgan fingerprint density at radius 2 is 1.97 bits per heavy atom. The summed E-state index contributed by atoms with van der Waals surface area (Å²) in [5, 5.41) is 20.6. The lowest BCUT2D eigenvalue weighted by Crippen LogP contribution is -2.38. The molecule has 10 heteroatoms. The van der Waals surface area contributed by atoms with Gasteiger partial charge in [0, 0.05) is 23.9 Å². The highest BCUT2D eigenvalue weighted by molar-refractivity contribution is 7.80. The van der Waals surface area contributed by atoms with Crippen molar-refractivity contribution in [1.82, 2.24) is 30.4 Å². The van der Waals surface area contributed by atoms with Crippen LogP contribution in [0.2, 0.25) is 0 Å². The van der Waals surface area contributed by atoms with E-state index in [0.717, 1.165) is 38.7 Å². The van der Waals surface area contributed by atoms with Gasteiger partial charge in [0.2, 0.25) is 4.96 Å². The molecule has 0 unspecified atom stereocenters. The number of hydrogen-bond acceptors (Lipinski definition) is 7. The molecule has 2 N–H and O–H groups in total. The van der Waals surface area contributed by atoms with E-state index >= 15 is 0 Å². The fourth-order valence-electron chi connectivity index (χ4n) is 3.24. The summed E-state index contributed by atoms with van der Waals surface area (Å²) in [4.78, 5) is 13.2. The smallest absolute Gasteiger partial charge is 0.293 e. The molecule has 0 radical (unpaired) electrons. The molecule has 2 aromatic carbocycles. The van der Waals surface area contributed by atoms with E-state index in [1.807, 2.05) is 55.5 Å². The number of furan rings is 1. The lowest BCUT2D eigenvalue weighted by molar-refractivity contribution is 0.0951. The van der Waals surface area contributed by atoms with Crippen LogP contribution in [0.4, 0.5) is 0 Å². The Labute approximate surface area is 192 Å². The average molecular weight is 463 g/mol. The largest absolute Gasteiger partial charge is 0.451 e. The second-order valence-corrected chi connectivity index (χ2v) is 8.42. The van der Waals surface area contributed by atoms with Crippen molar-refractivity contribution in [2.24, 2.45) is 0 Å². The molecule has 8 nitrogen and oxygen atoms in total. The maximum absolute atomic E-state index is 12.4. The van der Waals surface area contributed by atoms with E-state index in [4.69, 9.17) is 16.6 Å². The fourth-order valence-corrected chi connectivity index (χ4v) is 4.27. The molecule has 3 aromatic heterocycles. The van der Waals surface area contributed by atoms with Crippen LogP contribution in [0.1, 0.15) is 28.9 Å². The molecule has 0 atom stereocenters. The van der Waals surface area contributed by atoms with Gasteiger partial charge in [0.15, 0.2) is 16.7 Å². The molecule has 0 aliphatic carbocycles. The van der Waals surface area contributed by atoms with Gasteiger partial charge in [0.05, 0.1) is 0 Å². The minimum Gasteiger partial charge on any atom is -0.451 e. The molecular weight excluding hydrogens is 444 g/mol. The summed E-state index contributed by atoms with van der Waals surface area (Å²) >= 11 is 6.76. The van der Waals surface area contributed by atoms with Gasteiger partial charge in [-0.3, -0.25) is 10.1 Å². The first-order chi connectivity index (χ1) is 15.6. The third kappa shape index (κ3) is 3.97. The highest BCUT2D eigenvalue weighted by Crippen LogP contribution is 2.25. The Hall–Kier alpha value is -3.63. The number of benzene rings is 2. The zero-order valence-electron chi connectivity index (χ0n) is 17.0. The molecule has 5 aromatic rings. The van der Waals surface area contributed by atoms with Gasteiger partial charge in [-0.15, -0.1) is 10.2 Å². The van der Waals surface area contributed by atoms with Gasteiger partial charge < -0.3 is 9.73 Å². The summed E-state index contributed by atoms with van der Waals surface area (Å²) in [5.74, 6) is 0.682. The number of carbonyl (C=O) groups excluding carboxylic acids is 1. The fraction of sp³-hybridized carbons (Fsp3) is 0.136. The Morgan fingerprint density at radius 1 is 1.16 bits per heavy atom. The van der Waals surface area contributed by atoms with Crippen LogP contribution in [0.25, 0.3) is 26.5 Å². The second-order valence-electron chi connectivity index (χ2n) is 7.05. The number of nitrogens with zero attached hydrogens (tertiary/aromatic N) is 4. The maximum Gasteiger partial charge on any atom is 0.293 e. The molecule has 0 fully saturated rings. The summed E-state index contributed by atoms with van der Waals surface area (Å²) in [6.45, 7) is 2.51. The van der Waals surface area contributed by atoms with Crippen LogP contribution in [0.15, 0.2) is 59.0 Å². The van der Waals surface area contributed by atoms with Crippen LogP contribution in [0.3, 0.4) is 0 Å². The molecule has 32 heavy (non-hydrogen) atoms. The zero-order valence-corrected chi connectivity index (χ0v) is 18.7. The van der Waals surface area contributed by atoms with Crippen molar-refractivity contribution in [2.75, 3.05) is 0 Å². The first kappa shape index (κ1) is 20.3. The normalized spacial score (nSPS) is 11.2. The zero-order chi connectivity index (χ0) is 22.1. The summed E-state index contributed by atoms with van der Waals surface area (Å²) in [6.07, 6.45) is 0.780. The minimum absolute atomic E-state index is 0.218. The highest BCUT2D eigenvalue weighted by Gasteiger charge is 2.14. The third-order valence-electron chi connectivity index (χ3n) is 4.90. The van der Waals surface area contributed by atoms with Gasteiger partial charge in [-0.1, -0.05) is 60.7 Å². The number of amides is 1. The number of hydrogen-bond donors (Lipinski definition) is 2. The topological polar surface area (TPSA) is 97.3 Å². The second kappa shape index (κ2) is 8.48. The highest BCUT2D eigenvalue weighted by atomic mass is 32.1. The van der Waals surface area contributed by atoms with E-state index in [9.17, 15) is 4.79 Å². The van der Waals surface area contributed by atoms with Crippen molar-refractivity contribution in [3.63, 3.8) is 0 Å². The van der Waals surface area contributed by atoms with Crippen molar-refractivity contribution >= 4 is 50.5 Å². The van der Waals surface area contributed by atoms with Crippen molar-refractivity contribution in [3.8, 4) is 10.6 Å². The maximum atomic E-state index is 12.4. The summed E-state index contributed by atoms with van der Waals surface area (Å²) in [6, 6.07) is 17.1. The number of carbonyl (C=O) groups is 1. The van der Waals surface area contributed by atoms with Crippen molar-refractivity contribution < 1.29 is 9.21 Å². The molecule has 0 spiro atoms. The van der Waals surface area contributed by atoms with Crippen LogP contribution in [0.5, 0.6) is 0 Å². The number of rotatable bonds is 5. The van der Waals surface area contributed by atoms with Crippen LogP contribution in [-0.2, 0) is 13.0 Å². The molecule has 1 amide bonds. The summed E-state index contributed by atoms with van der Waals surface area (Å²) in [7, 11) is 0. The van der Waals surface area contributed by atoms with Gasteiger partial charge in [0.1, 0.15) is 10.6 Å². The number of thiocarbonyl (C=S) groups is 1. The molecular formula is C22H18N6O2S2. The third-order valence-corrected chi connectivity index (χ3v) is 6.10. The molecule has 0 aliphatic heterocycles. The predicted octanol–water partition coefficient (Wildman–Crippen LogP) is 3.97. The SMILES string of the molecule is CCc1nnc2sc(-c3ccc(CNC(=S)NC(=O)c4cc5ccccc5o4)cc3)nn12. The molecule has 0 saturated heterocycles. The average Bonchev–Trinajstić information content (AvgIpc) is 3.51. The lowest BCUT2D eigenvalue weighted by atomic mass is 10.1. The van der Waals surface area contributed by atoms with Gasteiger partial charge >= 0.3 is 0 Å². The molecule has 5 rings (SSSR count). The Morgan fingerprint density at radius 3 is 2.75 bits per heavy atom. The van der Waals surface area contributed by atoms with E-state index in [1.54, 1.807) is 10.6 Å². The van der Waals surface area contributed by atoms with E-state index in [2.05, 4.69) is 25.9 Å². The Balaban J connectivity index is 1.19. The number of aromatic nitrogens is 4. The van der Waals surface area contributed by atoms with Crippen LogP contribution >= 0.6 is 23.6 Å². The van der Waals surface area contributed by atoms with Gasteiger partial charge in [-0.25, -0.2) is 0 Å². The van der Waals surface area contributed by atoms with Crippen LogP contribution in [0, 0.1) is 0 Å². The van der Waals surface area contributed by atoms with Crippen molar-refractivity contribution in [3.05, 3.63) is 71.7 Å². The van der Waals surface area contributed by atoms with Crippen molar-refractivity contribution in [2.45, 2.75) is 19.9 Å². The molecule has 0 saturated carbocycles. The number of nitrogens with one attached hydrogen (secondary N) is 2. The van der Waals surface area contributed by atoms with E-state index in [1.165, 1.54) is 11.3 Å². The first-order valence-electron chi connectivity index (χ1n) is 9.99. The Bertz CT molecular complexity index is 1400. The molecule has 0 aliphatic rings. The monoisotopic (exact) mass is 462 g/mol.